The SMILES string of the molecule is CONC(=O)NC1CCCCCC1. The molecule has 0 saturated heterocycles. The highest BCUT2D eigenvalue weighted by Crippen LogP contribution is 2.16. The summed E-state index contributed by atoms with van der Waals surface area (Å²) in [5, 5.41) is 2.88. The molecule has 0 bridgehead atoms. The molecule has 2 amide bonds. The van der Waals surface area contributed by atoms with E-state index >= 15 is 0 Å². The van der Waals surface area contributed by atoms with Gasteiger partial charge in [0.2, 0.25) is 0 Å². The first-order valence-corrected chi connectivity index (χ1v) is 4.92. The third-order valence-corrected chi connectivity index (χ3v) is 2.39. The fourth-order valence-corrected chi connectivity index (χ4v) is 1.73. The van der Waals surface area contributed by atoms with Crippen LogP contribution in [0.25, 0.3) is 0 Å². The van der Waals surface area contributed by atoms with Crippen LogP contribution in [0.1, 0.15) is 38.5 Å². The molecule has 1 saturated carbocycles. The minimum atomic E-state index is -0.227. The average Bonchev–Trinajstić information content (AvgIpc) is 2.33. The Balaban J connectivity index is 2.21. The molecule has 2 N–H and O–H groups in total. The van der Waals surface area contributed by atoms with Crippen LogP contribution in [0.15, 0.2) is 0 Å². The van der Waals surface area contributed by atoms with Crippen LogP contribution in [0.3, 0.4) is 0 Å². The highest BCUT2D eigenvalue weighted by molar-refractivity contribution is 5.72. The lowest BCUT2D eigenvalue weighted by molar-refractivity contribution is 0.105. The van der Waals surface area contributed by atoms with E-state index in [9.17, 15) is 4.79 Å². The molecular weight excluding hydrogens is 168 g/mol. The first kappa shape index (κ1) is 10.3. The fraction of sp³-hybridized carbons (Fsp3) is 0.889. The summed E-state index contributed by atoms with van der Waals surface area (Å²) in [5.41, 5.74) is 2.26. The number of nitrogens with one attached hydrogen (secondary N) is 2. The molecule has 0 heterocycles. The van der Waals surface area contributed by atoms with Crippen molar-refractivity contribution in [2.75, 3.05) is 7.11 Å². The van der Waals surface area contributed by atoms with Crippen LogP contribution in [0, 0.1) is 0 Å². The zero-order valence-electron chi connectivity index (χ0n) is 8.14. The van der Waals surface area contributed by atoms with E-state index in [4.69, 9.17) is 0 Å². The number of hydrogen-bond donors (Lipinski definition) is 2. The van der Waals surface area contributed by atoms with Crippen LogP contribution in [0.4, 0.5) is 4.79 Å². The lowest BCUT2D eigenvalue weighted by atomic mass is 10.1. The van der Waals surface area contributed by atoms with Crippen molar-refractivity contribution >= 4 is 6.03 Å². The van der Waals surface area contributed by atoms with Gasteiger partial charge in [0, 0.05) is 6.04 Å². The van der Waals surface area contributed by atoms with Gasteiger partial charge in [0.05, 0.1) is 7.11 Å². The molecule has 0 aromatic heterocycles. The Hall–Kier alpha value is -0.770. The molecule has 76 valence electrons. The number of carbonyl (C=O) groups is 1. The zero-order valence-corrected chi connectivity index (χ0v) is 8.14. The van der Waals surface area contributed by atoms with Gasteiger partial charge < -0.3 is 5.32 Å². The Bertz CT molecular complexity index is 154. The lowest BCUT2D eigenvalue weighted by Gasteiger charge is -2.15. The van der Waals surface area contributed by atoms with E-state index in [2.05, 4.69) is 15.6 Å². The van der Waals surface area contributed by atoms with Crippen molar-refractivity contribution in [1.29, 1.82) is 0 Å². The standard InChI is InChI=1S/C9H18N2O2/c1-13-11-9(12)10-8-6-4-2-3-5-7-8/h8H,2-7H2,1H3,(H2,10,11,12). The second kappa shape index (κ2) is 5.80. The summed E-state index contributed by atoms with van der Waals surface area (Å²) in [6, 6.07) is 0.104. The third kappa shape index (κ3) is 4.12. The molecule has 0 atom stereocenters. The fourth-order valence-electron chi connectivity index (χ4n) is 1.73. The van der Waals surface area contributed by atoms with Gasteiger partial charge in [-0.2, -0.15) is 0 Å². The van der Waals surface area contributed by atoms with Crippen LogP contribution >= 0.6 is 0 Å². The molecule has 0 aromatic rings. The van der Waals surface area contributed by atoms with Gasteiger partial charge in [0.1, 0.15) is 0 Å². The van der Waals surface area contributed by atoms with Crippen LogP contribution in [0.2, 0.25) is 0 Å². The average molecular weight is 186 g/mol. The molecule has 0 radical (unpaired) electrons. The number of carbonyl (C=O) groups excluding carboxylic acids is 1. The largest absolute Gasteiger partial charge is 0.338 e. The van der Waals surface area contributed by atoms with Crippen LogP contribution in [0.5, 0.6) is 0 Å². The van der Waals surface area contributed by atoms with Crippen molar-refractivity contribution in [2.45, 2.75) is 44.6 Å². The molecule has 4 nitrogen and oxygen atoms in total. The topological polar surface area (TPSA) is 50.4 Å². The summed E-state index contributed by atoms with van der Waals surface area (Å²) in [4.78, 5) is 15.6. The van der Waals surface area contributed by atoms with E-state index in [0.717, 1.165) is 12.8 Å². The van der Waals surface area contributed by atoms with E-state index in [-0.39, 0.29) is 6.03 Å². The quantitative estimate of drug-likeness (QED) is 0.508. The number of hydrogen-bond acceptors (Lipinski definition) is 2. The summed E-state index contributed by atoms with van der Waals surface area (Å²) in [5.74, 6) is 0. The van der Waals surface area contributed by atoms with Crippen molar-refractivity contribution in [3.8, 4) is 0 Å². The van der Waals surface area contributed by atoms with Gasteiger partial charge in [-0.1, -0.05) is 25.7 Å². The van der Waals surface area contributed by atoms with Crippen molar-refractivity contribution in [3.05, 3.63) is 0 Å². The maximum atomic E-state index is 11.1. The highest BCUT2D eigenvalue weighted by Gasteiger charge is 2.13. The smallest absolute Gasteiger partial charge is 0.334 e. The summed E-state index contributed by atoms with van der Waals surface area (Å²) in [6.07, 6.45) is 7.22. The van der Waals surface area contributed by atoms with E-state index in [1.54, 1.807) is 0 Å². The predicted octanol–water partition coefficient (Wildman–Crippen LogP) is 1.57. The second-order valence-electron chi connectivity index (χ2n) is 3.47. The van der Waals surface area contributed by atoms with E-state index in [1.807, 2.05) is 0 Å². The van der Waals surface area contributed by atoms with Crippen molar-refractivity contribution in [1.82, 2.24) is 10.8 Å². The number of urea groups is 1. The predicted molar refractivity (Wildman–Crippen MR) is 50.2 cm³/mol. The molecule has 4 heteroatoms. The van der Waals surface area contributed by atoms with Gasteiger partial charge >= 0.3 is 6.03 Å². The molecule has 1 rings (SSSR count). The molecule has 13 heavy (non-hydrogen) atoms. The molecular formula is C9H18N2O2. The lowest BCUT2D eigenvalue weighted by Crippen LogP contribution is -2.41. The maximum Gasteiger partial charge on any atom is 0.338 e. The molecule has 0 spiro atoms. The van der Waals surface area contributed by atoms with E-state index < -0.39 is 0 Å². The Morgan fingerprint density at radius 1 is 1.23 bits per heavy atom. The molecule has 0 aromatic carbocycles. The molecule has 0 unspecified atom stereocenters. The normalized spacial score (nSPS) is 19.2. The Kier molecular flexibility index (Phi) is 4.60. The summed E-state index contributed by atoms with van der Waals surface area (Å²) >= 11 is 0. The van der Waals surface area contributed by atoms with Crippen LogP contribution in [-0.4, -0.2) is 19.2 Å². The molecule has 1 aliphatic carbocycles. The minimum Gasteiger partial charge on any atom is -0.334 e. The van der Waals surface area contributed by atoms with Gasteiger partial charge in [-0.3, -0.25) is 4.84 Å². The molecule has 1 aliphatic rings. The summed E-state index contributed by atoms with van der Waals surface area (Å²) in [7, 11) is 1.44. The van der Waals surface area contributed by atoms with Gasteiger partial charge in [-0.25, -0.2) is 10.3 Å². The number of hydroxylamine groups is 1. The highest BCUT2D eigenvalue weighted by atomic mass is 16.6. The third-order valence-electron chi connectivity index (χ3n) is 2.39. The number of amides is 2. The van der Waals surface area contributed by atoms with E-state index in [0.29, 0.717) is 6.04 Å². The van der Waals surface area contributed by atoms with Gasteiger partial charge in [0.15, 0.2) is 0 Å². The first-order valence-electron chi connectivity index (χ1n) is 4.92. The van der Waals surface area contributed by atoms with Crippen molar-refractivity contribution < 1.29 is 9.63 Å². The van der Waals surface area contributed by atoms with Crippen LogP contribution < -0.4 is 10.8 Å². The monoisotopic (exact) mass is 186 g/mol. The summed E-state index contributed by atoms with van der Waals surface area (Å²) < 4.78 is 0. The Morgan fingerprint density at radius 2 is 1.85 bits per heavy atom. The van der Waals surface area contributed by atoms with Crippen molar-refractivity contribution in [2.24, 2.45) is 0 Å². The summed E-state index contributed by atoms with van der Waals surface area (Å²) in [6.45, 7) is 0. The Labute approximate surface area is 79.0 Å². The molecule has 0 aliphatic heterocycles. The van der Waals surface area contributed by atoms with Gasteiger partial charge in [0.25, 0.3) is 0 Å². The molecule has 1 fully saturated rings. The van der Waals surface area contributed by atoms with E-state index in [1.165, 1.54) is 32.8 Å². The second-order valence-corrected chi connectivity index (χ2v) is 3.47. The maximum absolute atomic E-state index is 11.1. The van der Waals surface area contributed by atoms with Crippen molar-refractivity contribution in [3.63, 3.8) is 0 Å². The van der Waals surface area contributed by atoms with Gasteiger partial charge in [-0.15, -0.1) is 0 Å². The van der Waals surface area contributed by atoms with Gasteiger partial charge in [-0.05, 0) is 12.8 Å². The first-order chi connectivity index (χ1) is 6.33. The Morgan fingerprint density at radius 3 is 2.38 bits per heavy atom. The number of rotatable bonds is 2. The zero-order chi connectivity index (χ0) is 9.52. The van der Waals surface area contributed by atoms with Crippen LogP contribution in [-0.2, 0) is 4.84 Å². The minimum absolute atomic E-state index is 0.227.